The fraction of sp³-hybridized carbons (Fsp3) is 0.500. The highest BCUT2D eigenvalue weighted by atomic mass is 32.1. The summed E-state index contributed by atoms with van der Waals surface area (Å²) in [6, 6.07) is 1.77. The van der Waals surface area contributed by atoms with Crippen molar-refractivity contribution >= 4 is 23.1 Å². The Morgan fingerprint density at radius 3 is 3.05 bits per heavy atom. The van der Waals surface area contributed by atoms with Crippen LogP contribution in [0.25, 0.3) is 0 Å². The van der Waals surface area contributed by atoms with Gasteiger partial charge in [-0.15, -0.1) is 5.10 Å². The molecule has 0 bridgehead atoms. The zero-order valence-corrected chi connectivity index (χ0v) is 12.9. The van der Waals surface area contributed by atoms with Gasteiger partial charge in [0.2, 0.25) is 0 Å². The molecule has 0 saturated heterocycles. The molecule has 1 fully saturated rings. The van der Waals surface area contributed by atoms with E-state index in [1.54, 1.807) is 22.2 Å². The third-order valence-electron chi connectivity index (χ3n) is 3.88. The molecule has 1 aliphatic carbocycles. The zero-order valence-electron chi connectivity index (χ0n) is 12.1. The Kier molecular flexibility index (Phi) is 4.69. The lowest BCUT2D eigenvalue weighted by Crippen LogP contribution is -2.45. The second-order valence-corrected chi connectivity index (χ2v) is 6.20. The number of amides is 2. The van der Waals surface area contributed by atoms with Gasteiger partial charge >= 0.3 is 6.03 Å². The lowest BCUT2D eigenvalue weighted by molar-refractivity contribution is 0.222. The summed E-state index contributed by atoms with van der Waals surface area (Å²) in [4.78, 5) is 12.1. The van der Waals surface area contributed by atoms with Crippen molar-refractivity contribution in [3.05, 3.63) is 28.7 Å². The molecule has 2 aromatic heterocycles. The first-order valence-corrected chi connectivity index (χ1v) is 8.32. The van der Waals surface area contributed by atoms with E-state index in [1.165, 1.54) is 0 Å². The van der Waals surface area contributed by atoms with Gasteiger partial charge in [-0.2, -0.15) is 11.3 Å². The zero-order chi connectivity index (χ0) is 15.4. The van der Waals surface area contributed by atoms with Crippen LogP contribution in [0.3, 0.4) is 0 Å². The number of carbonyl (C=O) groups is 1. The number of rotatable bonds is 4. The van der Waals surface area contributed by atoms with E-state index in [2.05, 4.69) is 20.9 Å². The first-order valence-electron chi connectivity index (χ1n) is 7.37. The van der Waals surface area contributed by atoms with Crippen molar-refractivity contribution in [1.82, 2.24) is 20.3 Å². The summed E-state index contributed by atoms with van der Waals surface area (Å²) < 4.78 is 1.76. The molecule has 2 amide bonds. The van der Waals surface area contributed by atoms with E-state index >= 15 is 0 Å². The third-order valence-corrected chi connectivity index (χ3v) is 4.57. The summed E-state index contributed by atoms with van der Waals surface area (Å²) >= 11 is 1.54. The molecule has 0 aromatic carbocycles. The molecule has 0 aliphatic heterocycles. The molecule has 22 heavy (non-hydrogen) atoms. The number of urea groups is 1. The Hall–Kier alpha value is -1.93. The van der Waals surface area contributed by atoms with Crippen molar-refractivity contribution in [1.29, 1.82) is 0 Å². The van der Waals surface area contributed by atoms with Gasteiger partial charge in [-0.3, -0.25) is 0 Å². The van der Waals surface area contributed by atoms with Crippen LogP contribution in [-0.2, 0) is 6.61 Å². The van der Waals surface area contributed by atoms with Crippen LogP contribution >= 0.6 is 11.3 Å². The average molecular weight is 321 g/mol. The van der Waals surface area contributed by atoms with Gasteiger partial charge in [-0.05, 0) is 24.3 Å². The summed E-state index contributed by atoms with van der Waals surface area (Å²) in [7, 11) is 0. The first kappa shape index (κ1) is 15.0. The Morgan fingerprint density at radius 1 is 1.45 bits per heavy atom. The highest BCUT2D eigenvalue weighted by Gasteiger charge is 2.29. The van der Waals surface area contributed by atoms with Gasteiger partial charge in [0.15, 0.2) is 0 Å². The smallest absolute Gasteiger partial charge is 0.319 e. The minimum absolute atomic E-state index is 0.0145. The van der Waals surface area contributed by atoms with E-state index in [-0.39, 0.29) is 24.7 Å². The SMILES string of the molecule is O=C(Nc1ccsc1)N[C@H]1CCCC[C@H]1n1cc(CO)nn1. The molecular formula is C14H19N5O2S. The van der Waals surface area contributed by atoms with Gasteiger partial charge in [-0.1, -0.05) is 18.1 Å². The van der Waals surface area contributed by atoms with Crippen LogP contribution in [0, 0.1) is 0 Å². The number of nitrogens with one attached hydrogen (secondary N) is 2. The maximum Gasteiger partial charge on any atom is 0.319 e. The second-order valence-electron chi connectivity index (χ2n) is 5.42. The monoisotopic (exact) mass is 321 g/mol. The molecule has 0 spiro atoms. The number of carbonyl (C=O) groups excluding carboxylic acids is 1. The third kappa shape index (κ3) is 3.45. The molecule has 2 atom stereocenters. The van der Waals surface area contributed by atoms with Crippen LogP contribution in [0.1, 0.15) is 37.4 Å². The van der Waals surface area contributed by atoms with Crippen molar-refractivity contribution < 1.29 is 9.90 Å². The molecule has 8 heteroatoms. The summed E-state index contributed by atoms with van der Waals surface area (Å²) in [5.41, 5.74) is 1.35. The van der Waals surface area contributed by atoms with Crippen LogP contribution in [0.2, 0.25) is 0 Å². The van der Waals surface area contributed by atoms with E-state index in [9.17, 15) is 4.79 Å². The molecular weight excluding hydrogens is 302 g/mol. The predicted molar refractivity (Wildman–Crippen MR) is 83.7 cm³/mol. The highest BCUT2D eigenvalue weighted by Crippen LogP contribution is 2.28. The minimum Gasteiger partial charge on any atom is -0.390 e. The van der Waals surface area contributed by atoms with E-state index in [1.807, 2.05) is 16.8 Å². The molecule has 0 radical (unpaired) electrons. The summed E-state index contributed by atoms with van der Waals surface area (Å²) in [5.74, 6) is 0. The van der Waals surface area contributed by atoms with Gasteiger partial charge in [0.1, 0.15) is 5.69 Å². The Morgan fingerprint density at radius 2 is 2.32 bits per heavy atom. The van der Waals surface area contributed by atoms with Gasteiger partial charge < -0.3 is 15.7 Å². The van der Waals surface area contributed by atoms with E-state index in [0.29, 0.717) is 5.69 Å². The molecule has 1 saturated carbocycles. The van der Waals surface area contributed by atoms with Crippen LogP contribution in [0.5, 0.6) is 0 Å². The Bertz CT molecular complexity index is 613. The standard InChI is InChI=1S/C14H19N5O2S/c20-8-11-7-19(18-17-11)13-4-2-1-3-12(13)16-14(21)15-10-5-6-22-9-10/h5-7,9,12-13,20H,1-4,8H2,(H2,15,16,21)/t12-,13+/m0/s1. The molecule has 118 valence electrons. The fourth-order valence-electron chi connectivity index (χ4n) is 2.82. The van der Waals surface area contributed by atoms with Crippen molar-refractivity contribution in [3.8, 4) is 0 Å². The van der Waals surface area contributed by atoms with Crippen molar-refractivity contribution in [2.75, 3.05) is 5.32 Å². The number of thiophene rings is 1. The number of hydrogen-bond donors (Lipinski definition) is 3. The van der Waals surface area contributed by atoms with Gasteiger partial charge in [0, 0.05) is 5.38 Å². The number of nitrogens with zero attached hydrogens (tertiary/aromatic N) is 3. The first-order chi connectivity index (χ1) is 10.8. The summed E-state index contributed by atoms with van der Waals surface area (Å²) in [6.45, 7) is -0.122. The van der Waals surface area contributed by atoms with E-state index in [4.69, 9.17) is 5.11 Å². The summed E-state index contributed by atoms with van der Waals surface area (Å²) in [6.07, 6.45) is 5.79. The number of anilines is 1. The normalized spacial score (nSPS) is 21.5. The maximum atomic E-state index is 12.1. The molecule has 3 N–H and O–H groups in total. The van der Waals surface area contributed by atoms with Crippen LogP contribution in [-0.4, -0.2) is 32.2 Å². The average Bonchev–Trinajstić information content (AvgIpc) is 3.19. The molecule has 3 rings (SSSR count). The second kappa shape index (κ2) is 6.89. The van der Waals surface area contributed by atoms with Crippen LogP contribution < -0.4 is 10.6 Å². The number of aliphatic hydroxyl groups is 1. The maximum absolute atomic E-state index is 12.1. The van der Waals surface area contributed by atoms with E-state index < -0.39 is 0 Å². The van der Waals surface area contributed by atoms with Crippen molar-refractivity contribution in [2.45, 2.75) is 44.4 Å². The van der Waals surface area contributed by atoms with Crippen LogP contribution in [0.4, 0.5) is 10.5 Å². The predicted octanol–water partition coefficient (Wildman–Crippen LogP) is 2.14. The van der Waals surface area contributed by atoms with Gasteiger partial charge in [-0.25, -0.2) is 9.48 Å². The quantitative estimate of drug-likeness (QED) is 0.804. The van der Waals surface area contributed by atoms with Crippen molar-refractivity contribution in [2.24, 2.45) is 0 Å². The largest absolute Gasteiger partial charge is 0.390 e. The summed E-state index contributed by atoms with van der Waals surface area (Å²) in [5, 5.41) is 26.8. The molecule has 0 unspecified atom stereocenters. The minimum atomic E-state index is -0.196. The topological polar surface area (TPSA) is 92.1 Å². The lowest BCUT2D eigenvalue weighted by Gasteiger charge is -2.31. The lowest BCUT2D eigenvalue weighted by atomic mass is 9.90. The van der Waals surface area contributed by atoms with E-state index in [0.717, 1.165) is 31.4 Å². The number of hydrogen-bond acceptors (Lipinski definition) is 5. The number of aliphatic hydroxyl groups excluding tert-OH is 1. The molecule has 7 nitrogen and oxygen atoms in total. The Balaban J connectivity index is 1.65. The van der Waals surface area contributed by atoms with Crippen molar-refractivity contribution in [3.63, 3.8) is 0 Å². The molecule has 2 aromatic rings. The van der Waals surface area contributed by atoms with Crippen LogP contribution in [0.15, 0.2) is 23.0 Å². The molecule has 2 heterocycles. The Labute approximate surface area is 132 Å². The highest BCUT2D eigenvalue weighted by molar-refractivity contribution is 7.08. The number of aromatic nitrogens is 3. The van der Waals surface area contributed by atoms with Gasteiger partial charge in [0.25, 0.3) is 0 Å². The fourth-order valence-corrected chi connectivity index (χ4v) is 3.40. The molecule has 1 aliphatic rings. The van der Waals surface area contributed by atoms with Gasteiger partial charge in [0.05, 0.1) is 30.6 Å².